The van der Waals surface area contributed by atoms with Crippen LogP contribution in [0.25, 0.3) is 0 Å². The Kier molecular flexibility index (Phi) is 6.46. The molecule has 6 nitrogen and oxygen atoms in total. The van der Waals surface area contributed by atoms with Gasteiger partial charge in [-0.1, -0.05) is 30.3 Å². The quantitative estimate of drug-likeness (QED) is 0.857. The van der Waals surface area contributed by atoms with E-state index in [9.17, 15) is 4.79 Å². The Hall–Kier alpha value is -1.63. The molecule has 3 rings (SSSR count). The first-order chi connectivity index (χ1) is 11.8. The minimum absolute atomic E-state index is 0.0188. The molecule has 0 aromatic heterocycles. The first-order valence-corrected chi connectivity index (χ1v) is 8.67. The molecule has 132 valence electrons. The highest BCUT2D eigenvalue weighted by Crippen LogP contribution is 2.12. The van der Waals surface area contributed by atoms with Crippen LogP contribution in [0.4, 0.5) is 4.79 Å². The topological polar surface area (TPSA) is 60.0 Å². The summed E-state index contributed by atoms with van der Waals surface area (Å²) in [6.45, 7) is 5.42. The van der Waals surface area contributed by atoms with Gasteiger partial charge in [0.25, 0.3) is 0 Å². The van der Waals surface area contributed by atoms with E-state index in [2.05, 4.69) is 5.32 Å². The molecule has 1 N–H and O–H groups in total. The zero-order valence-corrected chi connectivity index (χ0v) is 14.0. The van der Waals surface area contributed by atoms with E-state index < -0.39 is 0 Å². The standard InChI is InChI=1S/C18H26N2O4/c21-18(24-14-15-4-2-1-3-5-15)20-7-9-23-17(12-20)11-19-10-16-6-8-22-13-16/h1-5,16-17,19H,6-14H2. The Morgan fingerprint density at radius 1 is 1.25 bits per heavy atom. The maximum atomic E-state index is 12.2. The summed E-state index contributed by atoms with van der Waals surface area (Å²) < 4.78 is 16.5. The number of benzene rings is 1. The predicted molar refractivity (Wildman–Crippen MR) is 89.7 cm³/mol. The zero-order valence-electron chi connectivity index (χ0n) is 14.0. The first-order valence-electron chi connectivity index (χ1n) is 8.67. The van der Waals surface area contributed by atoms with Crippen molar-refractivity contribution in [1.82, 2.24) is 10.2 Å². The number of hydrogen-bond acceptors (Lipinski definition) is 5. The van der Waals surface area contributed by atoms with Crippen molar-refractivity contribution in [2.75, 3.05) is 46.0 Å². The first kappa shape index (κ1) is 17.2. The highest BCUT2D eigenvalue weighted by Gasteiger charge is 2.25. The molecular weight excluding hydrogens is 308 g/mol. The van der Waals surface area contributed by atoms with Gasteiger partial charge in [-0.3, -0.25) is 0 Å². The van der Waals surface area contributed by atoms with Crippen LogP contribution < -0.4 is 5.32 Å². The molecule has 0 bridgehead atoms. The van der Waals surface area contributed by atoms with E-state index in [1.54, 1.807) is 4.90 Å². The zero-order chi connectivity index (χ0) is 16.6. The molecule has 1 aromatic carbocycles. The Morgan fingerprint density at radius 3 is 2.92 bits per heavy atom. The number of morpholine rings is 1. The van der Waals surface area contributed by atoms with E-state index in [0.29, 0.717) is 32.2 Å². The van der Waals surface area contributed by atoms with Crippen LogP contribution in [-0.2, 0) is 20.8 Å². The van der Waals surface area contributed by atoms with Crippen molar-refractivity contribution in [3.05, 3.63) is 35.9 Å². The molecule has 0 spiro atoms. The third-order valence-corrected chi connectivity index (χ3v) is 4.43. The third-order valence-electron chi connectivity index (χ3n) is 4.43. The number of ether oxygens (including phenoxy) is 3. The van der Waals surface area contributed by atoms with Crippen LogP contribution in [0.3, 0.4) is 0 Å². The van der Waals surface area contributed by atoms with Gasteiger partial charge in [0.1, 0.15) is 6.61 Å². The maximum Gasteiger partial charge on any atom is 0.410 e. The molecule has 6 heteroatoms. The second-order valence-corrected chi connectivity index (χ2v) is 6.37. The molecule has 1 aromatic rings. The molecule has 2 aliphatic heterocycles. The molecule has 24 heavy (non-hydrogen) atoms. The average molecular weight is 334 g/mol. The minimum Gasteiger partial charge on any atom is -0.445 e. The largest absolute Gasteiger partial charge is 0.445 e. The Balaban J connectivity index is 1.37. The van der Waals surface area contributed by atoms with E-state index in [4.69, 9.17) is 14.2 Å². The van der Waals surface area contributed by atoms with Gasteiger partial charge in [-0.25, -0.2) is 4.79 Å². The Morgan fingerprint density at radius 2 is 2.12 bits per heavy atom. The SMILES string of the molecule is O=C(OCc1ccccc1)N1CCOC(CNCC2CCOC2)C1. The van der Waals surface area contributed by atoms with Crippen molar-refractivity contribution in [3.8, 4) is 0 Å². The lowest BCUT2D eigenvalue weighted by molar-refractivity contribution is -0.0272. The third kappa shape index (κ3) is 5.19. The smallest absolute Gasteiger partial charge is 0.410 e. The molecule has 2 saturated heterocycles. The Bertz CT molecular complexity index is 505. The summed E-state index contributed by atoms with van der Waals surface area (Å²) in [6.07, 6.45) is 0.873. The molecule has 0 saturated carbocycles. The van der Waals surface area contributed by atoms with Crippen molar-refractivity contribution in [2.24, 2.45) is 5.92 Å². The minimum atomic E-state index is -0.267. The Labute approximate surface area is 143 Å². The van der Waals surface area contributed by atoms with E-state index in [-0.39, 0.29) is 12.2 Å². The molecule has 2 atom stereocenters. The summed E-state index contributed by atoms with van der Waals surface area (Å²) in [6, 6.07) is 9.73. The summed E-state index contributed by atoms with van der Waals surface area (Å²) in [4.78, 5) is 13.9. The monoisotopic (exact) mass is 334 g/mol. The van der Waals surface area contributed by atoms with Gasteiger partial charge >= 0.3 is 6.09 Å². The number of nitrogens with zero attached hydrogens (tertiary/aromatic N) is 1. The molecule has 2 heterocycles. The van der Waals surface area contributed by atoms with Crippen LogP contribution in [0, 0.1) is 5.92 Å². The molecule has 2 aliphatic rings. The molecule has 1 amide bonds. The molecule has 2 unspecified atom stereocenters. The molecule has 0 radical (unpaired) electrons. The lowest BCUT2D eigenvalue weighted by atomic mass is 10.1. The summed E-state index contributed by atoms with van der Waals surface area (Å²) in [5.41, 5.74) is 0.996. The normalized spacial score (nSPS) is 24.1. The van der Waals surface area contributed by atoms with E-state index in [1.165, 1.54) is 0 Å². The van der Waals surface area contributed by atoms with Crippen LogP contribution in [0.15, 0.2) is 30.3 Å². The number of hydrogen-bond donors (Lipinski definition) is 1. The van der Waals surface area contributed by atoms with Gasteiger partial charge in [-0.2, -0.15) is 0 Å². The second-order valence-electron chi connectivity index (χ2n) is 6.37. The summed E-state index contributed by atoms with van der Waals surface area (Å²) in [5, 5.41) is 3.43. The van der Waals surface area contributed by atoms with Crippen LogP contribution >= 0.6 is 0 Å². The number of rotatable bonds is 6. The average Bonchev–Trinajstić information content (AvgIpc) is 3.14. The van der Waals surface area contributed by atoms with Gasteiger partial charge < -0.3 is 24.4 Å². The van der Waals surface area contributed by atoms with E-state index in [0.717, 1.165) is 38.3 Å². The van der Waals surface area contributed by atoms with Crippen molar-refractivity contribution in [2.45, 2.75) is 19.1 Å². The molecule has 0 aliphatic carbocycles. The van der Waals surface area contributed by atoms with Crippen LogP contribution in [-0.4, -0.2) is 63.1 Å². The van der Waals surface area contributed by atoms with E-state index >= 15 is 0 Å². The summed E-state index contributed by atoms with van der Waals surface area (Å²) in [7, 11) is 0. The number of nitrogens with one attached hydrogen (secondary N) is 1. The van der Waals surface area contributed by atoms with Gasteiger partial charge in [-0.15, -0.1) is 0 Å². The van der Waals surface area contributed by atoms with Gasteiger partial charge in [0.05, 0.1) is 25.9 Å². The number of amides is 1. The second kappa shape index (κ2) is 9.01. The van der Waals surface area contributed by atoms with E-state index in [1.807, 2.05) is 30.3 Å². The van der Waals surface area contributed by atoms with Crippen LogP contribution in [0.1, 0.15) is 12.0 Å². The van der Waals surface area contributed by atoms with Crippen LogP contribution in [0.5, 0.6) is 0 Å². The number of carbonyl (C=O) groups is 1. The van der Waals surface area contributed by atoms with Gasteiger partial charge in [0, 0.05) is 26.2 Å². The highest BCUT2D eigenvalue weighted by atomic mass is 16.6. The molecule has 2 fully saturated rings. The van der Waals surface area contributed by atoms with Crippen molar-refractivity contribution in [3.63, 3.8) is 0 Å². The fourth-order valence-electron chi connectivity index (χ4n) is 3.01. The molecular formula is C18H26N2O4. The maximum absolute atomic E-state index is 12.2. The van der Waals surface area contributed by atoms with Crippen molar-refractivity contribution in [1.29, 1.82) is 0 Å². The van der Waals surface area contributed by atoms with Crippen molar-refractivity contribution < 1.29 is 19.0 Å². The lowest BCUT2D eigenvalue weighted by Crippen LogP contribution is -2.49. The summed E-state index contributed by atoms with van der Waals surface area (Å²) in [5.74, 6) is 0.598. The van der Waals surface area contributed by atoms with Gasteiger partial charge in [0.15, 0.2) is 0 Å². The van der Waals surface area contributed by atoms with Crippen molar-refractivity contribution >= 4 is 6.09 Å². The highest BCUT2D eigenvalue weighted by molar-refractivity contribution is 5.67. The van der Waals surface area contributed by atoms with Crippen LogP contribution in [0.2, 0.25) is 0 Å². The fraction of sp³-hybridized carbons (Fsp3) is 0.611. The summed E-state index contributed by atoms with van der Waals surface area (Å²) >= 11 is 0. The lowest BCUT2D eigenvalue weighted by Gasteiger charge is -2.32. The van der Waals surface area contributed by atoms with Gasteiger partial charge in [0.2, 0.25) is 0 Å². The van der Waals surface area contributed by atoms with Gasteiger partial charge in [-0.05, 0) is 17.9 Å². The number of carbonyl (C=O) groups excluding carboxylic acids is 1. The predicted octanol–water partition coefficient (Wildman–Crippen LogP) is 1.65. The fourth-order valence-corrected chi connectivity index (χ4v) is 3.01.